The van der Waals surface area contributed by atoms with Crippen molar-refractivity contribution in [1.82, 2.24) is 9.55 Å². The van der Waals surface area contributed by atoms with Crippen molar-refractivity contribution in [2.75, 3.05) is 0 Å². The molecule has 118 valence electrons. The largest absolute Gasteiger partial charge is 0.364 e. The van der Waals surface area contributed by atoms with Crippen molar-refractivity contribution in [3.8, 4) is 0 Å². The highest BCUT2D eigenvalue weighted by atomic mass is 32.1. The van der Waals surface area contributed by atoms with E-state index in [1.54, 1.807) is 11.3 Å². The molecule has 0 spiro atoms. The summed E-state index contributed by atoms with van der Waals surface area (Å²) in [5.74, 6) is 0.348. The van der Waals surface area contributed by atoms with Gasteiger partial charge in [-0.1, -0.05) is 32.1 Å². The van der Waals surface area contributed by atoms with Gasteiger partial charge in [0.1, 0.15) is 5.69 Å². The van der Waals surface area contributed by atoms with E-state index < -0.39 is 0 Å². The molecule has 2 aromatic heterocycles. The van der Waals surface area contributed by atoms with E-state index in [0.29, 0.717) is 17.7 Å². The summed E-state index contributed by atoms with van der Waals surface area (Å²) in [6, 6.07) is 2.36. The van der Waals surface area contributed by atoms with Crippen LogP contribution in [-0.2, 0) is 0 Å². The normalized spacial score (nSPS) is 20.9. The zero-order chi connectivity index (χ0) is 15.1. The minimum Gasteiger partial charge on any atom is -0.364 e. The lowest BCUT2D eigenvalue weighted by molar-refractivity contribution is 0.0988. The molecule has 0 bridgehead atoms. The molecule has 0 aromatic carbocycles. The summed E-state index contributed by atoms with van der Waals surface area (Å²) >= 11 is 1.75. The smallest absolute Gasteiger partial charge is 0.265 e. The Labute approximate surface area is 134 Å². The van der Waals surface area contributed by atoms with E-state index in [9.17, 15) is 4.79 Å². The van der Waals surface area contributed by atoms with Crippen LogP contribution in [0.4, 0.5) is 0 Å². The van der Waals surface area contributed by atoms with Crippen LogP contribution in [0.25, 0.3) is 10.3 Å². The second kappa shape index (κ2) is 5.69. The van der Waals surface area contributed by atoms with E-state index in [1.165, 1.54) is 50.0 Å². The zero-order valence-electron chi connectivity index (χ0n) is 12.9. The molecule has 4 rings (SSSR count). The summed E-state index contributed by atoms with van der Waals surface area (Å²) in [5.41, 5.74) is 7.30. The number of primary amides is 1. The molecule has 2 heterocycles. The molecule has 1 amide bonds. The summed E-state index contributed by atoms with van der Waals surface area (Å²) in [7, 11) is 0. The molecule has 4 nitrogen and oxygen atoms in total. The van der Waals surface area contributed by atoms with Gasteiger partial charge in [-0.3, -0.25) is 4.79 Å². The Morgan fingerprint density at radius 1 is 1.14 bits per heavy atom. The third kappa shape index (κ3) is 2.56. The number of carbonyl (C=O) groups is 1. The molecule has 2 aliphatic carbocycles. The lowest BCUT2D eigenvalue weighted by Gasteiger charge is -2.23. The maximum absolute atomic E-state index is 11.9. The molecule has 0 saturated heterocycles. The number of fused-ring (bicyclic) bond motifs is 1. The van der Waals surface area contributed by atoms with Gasteiger partial charge in [-0.05, 0) is 31.7 Å². The Hall–Kier alpha value is -1.36. The van der Waals surface area contributed by atoms with Crippen LogP contribution >= 0.6 is 11.3 Å². The first-order chi connectivity index (χ1) is 10.7. The third-order valence-corrected chi connectivity index (χ3v) is 6.18. The molecule has 0 atom stereocenters. The zero-order valence-corrected chi connectivity index (χ0v) is 13.7. The van der Waals surface area contributed by atoms with Crippen LogP contribution < -0.4 is 5.73 Å². The van der Waals surface area contributed by atoms with E-state index in [1.807, 2.05) is 6.07 Å². The highest BCUT2D eigenvalue weighted by molar-refractivity contribution is 7.18. The van der Waals surface area contributed by atoms with Gasteiger partial charge in [0.2, 0.25) is 0 Å². The Morgan fingerprint density at radius 3 is 2.45 bits per heavy atom. The van der Waals surface area contributed by atoms with Gasteiger partial charge in [-0.25, -0.2) is 4.98 Å². The van der Waals surface area contributed by atoms with Crippen LogP contribution in [-0.4, -0.2) is 15.5 Å². The van der Waals surface area contributed by atoms with Gasteiger partial charge in [0.25, 0.3) is 5.91 Å². The molecular formula is C17H23N3OS. The average molecular weight is 317 g/mol. The highest BCUT2D eigenvalue weighted by Crippen LogP contribution is 2.44. The molecule has 22 heavy (non-hydrogen) atoms. The van der Waals surface area contributed by atoms with E-state index >= 15 is 0 Å². The third-order valence-electron chi connectivity index (χ3n) is 5.03. The number of aromatic nitrogens is 2. The lowest BCUT2D eigenvalue weighted by Crippen LogP contribution is -2.21. The van der Waals surface area contributed by atoms with Crippen LogP contribution in [0.15, 0.2) is 6.07 Å². The quantitative estimate of drug-likeness (QED) is 0.914. The van der Waals surface area contributed by atoms with Gasteiger partial charge in [-0.15, -0.1) is 11.3 Å². The summed E-state index contributed by atoms with van der Waals surface area (Å²) in [4.78, 5) is 16.8. The fourth-order valence-electron chi connectivity index (χ4n) is 3.67. The highest BCUT2D eigenvalue weighted by Gasteiger charge is 2.30. The Bertz CT molecular complexity index is 690. The maximum Gasteiger partial charge on any atom is 0.265 e. The van der Waals surface area contributed by atoms with Gasteiger partial charge in [0.05, 0.1) is 9.71 Å². The van der Waals surface area contributed by atoms with Crippen LogP contribution in [0, 0.1) is 0 Å². The molecule has 0 aliphatic heterocycles. The predicted octanol–water partition coefficient (Wildman–Crippen LogP) is 4.36. The number of nitrogens with two attached hydrogens (primary N) is 1. The Kier molecular flexibility index (Phi) is 3.68. The first-order valence-electron chi connectivity index (χ1n) is 8.55. The molecule has 2 fully saturated rings. The number of nitrogens with zero attached hydrogens (tertiary/aromatic N) is 2. The summed E-state index contributed by atoms with van der Waals surface area (Å²) in [5, 5.41) is 1.25. The van der Waals surface area contributed by atoms with Crippen molar-refractivity contribution in [3.63, 3.8) is 0 Å². The van der Waals surface area contributed by atoms with Crippen molar-refractivity contribution < 1.29 is 4.79 Å². The number of thiazole rings is 1. The standard InChI is InChI=1S/C17H23N3OS/c18-15(21)13-10-14-16(19-17(22-14)11-8-9-11)20(13)12-6-4-2-1-3-5-7-12/h10-12H,1-9H2,(H2,18,21). The molecule has 5 heteroatoms. The number of amides is 1. The second-order valence-corrected chi connectivity index (χ2v) is 7.84. The van der Waals surface area contributed by atoms with Crippen molar-refractivity contribution >= 4 is 27.6 Å². The summed E-state index contributed by atoms with van der Waals surface area (Å²) < 4.78 is 3.31. The van der Waals surface area contributed by atoms with Crippen LogP contribution in [0.3, 0.4) is 0 Å². The van der Waals surface area contributed by atoms with Gasteiger partial charge in [0, 0.05) is 12.0 Å². The molecule has 2 aromatic rings. The fourth-order valence-corrected chi connectivity index (χ4v) is 4.84. The van der Waals surface area contributed by atoms with Crippen LogP contribution in [0.1, 0.15) is 85.2 Å². The number of rotatable bonds is 3. The Morgan fingerprint density at radius 2 is 1.82 bits per heavy atom. The maximum atomic E-state index is 11.9. The minimum atomic E-state index is -0.319. The Balaban J connectivity index is 1.77. The predicted molar refractivity (Wildman–Crippen MR) is 89.5 cm³/mol. The van der Waals surface area contributed by atoms with Gasteiger partial charge in [-0.2, -0.15) is 0 Å². The second-order valence-electron chi connectivity index (χ2n) is 6.78. The van der Waals surface area contributed by atoms with Gasteiger partial charge in [0.15, 0.2) is 5.65 Å². The molecule has 2 aliphatic rings. The van der Waals surface area contributed by atoms with Crippen molar-refractivity contribution in [2.24, 2.45) is 5.73 Å². The van der Waals surface area contributed by atoms with Crippen molar-refractivity contribution in [1.29, 1.82) is 0 Å². The minimum absolute atomic E-state index is 0.319. The van der Waals surface area contributed by atoms with Crippen LogP contribution in [0.5, 0.6) is 0 Å². The van der Waals surface area contributed by atoms with Crippen molar-refractivity contribution in [2.45, 2.75) is 69.7 Å². The monoisotopic (exact) mass is 317 g/mol. The number of carbonyl (C=O) groups excluding carboxylic acids is 1. The van der Waals surface area contributed by atoms with Crippen LogP contribution in [0.2, 0.25) is 0 Å². The molecule has 2 saturated carbocycles. The SMILES string of the molecule is NC(=O)c1cc2sc(C3CC3)nc2n1C1CCCCCCC1. The average Bonchev–Trinajstić information content (AvgIpc) is 3.12. The lowest BCUT2D eigenvalue weighted by atomic mass is 9.96. The fraction of sp³-hybridized carbons (Fsp3) is 0.647. The topological polar surface area (TPSA) is 60.9 Å². The first-order valence-corrected chi connectivity index (χ1v) is 9.37. The summed E-state index contributed by atoms with van der Waals surface area (Å²) in [6.07, 6.45) is 11.2. The van der Waals surface area contributed by atoms with E-state index in [2.05, 4.69) is 4.57 Å². The molecule has 0 unspecified atom stereocenters. The van der Waals surface area contributed by atoms with Gasteiger partial charge < -0.3 is 10.3 Å². The van der Waals surface area contributed by atoms with E-state index in [4.69, 9.17) is 10.7 Å². The van der Waals surface area contributed by atoms with E-state index in [0.717, 1.165) is 23.2 Å². The summed E-state index contributed by atoms with van der Waals surface area (Å²) in [6.45, 7) is 0. The molecular weight excluding hydrogens is 294 g/mol. The van der Waals surface area contributed by atoms with Gasteiger partial charge >= 0.3 is 0 Å². The first kappa shape index (κ1) is 14.2. The van der Waals surface area contributed by atoms with Crippen molar-refractivity contribution in [3.05, 3.63) is 16.8 Å². The number of hydrogen-bond acceptors (Lipinski definition) is 3. The number of hydrogen-bond donors (Lipinski definition) is 1. The molecule has 2 N–H and O–H groups in total. The van der Waals surface area contributed by atoms with E-state index in [-0.39, 0.29) is 5.91 Å². The molecule has 0 radical (unpaired) electrons.